The molecule has 0 spiro atoms. The number of imidazole rings is 2. The third kappa shape index (κ3) is 2.25. The highest BCUT2D eigenvalue weighted by molar-refractivity contribution is 5.77. The van der Waals surface area contributed by atoms with E-state index in [2.05, 4.69) is 36.3 Å². The van der Waals surface area contributed by atoms with Gasteiger partial charge in [-0.05, 0) is 44.9 Å². The van der Waals surface area contributed by atoms with Crippen LogP contribution in [0.5, 0.6) is 0 Å². The van der Waals surface area contributed by atoms with Gasteiger partial charge in [0.15, 0.2) is 11.2 Å². The van der Waals surface area contributed by atoms with E-state index in [9.17, 15) is 9.59 Å². The van der Waals surface area contributed by atoms with Crippen LogP contribution in [0, 0.1) is 27.7 Å². The van der Waals surface area contributed by atoms with Gasteiger partial charge in [-0.3, -0.25) is 22.9 Å². The number of allylic oxidation sites excluding steroid dienone is 1. The second kappa shape index (κ2) is 6.09. The minimum absolute atomic E-state index is 0.157. The predicted molar refractivity (Wildman–Crippen MR) is 111 cm³/mol. The van der Waals surface area contributed by atoms with Gasteiger partial charge in [-0.25, -0.2) is 4.79 Å². The molecule has 0 radical (unpaired) electrons. The second-order valence-electron chi connectivity index (χ2n) is 7.26. The lowest BCUT2D eigenvalue weighted by Gasteiger charge is -2.11. The topological polar surface area (TPSA) is 66.2 Å². The highest BCUT2D eigenvalue weighted by Gasteiger charge is 2.23. The molecule has 1 aromatic carbocycles. The molecule has 4 aromatic rings. The third-order valence-electron chi connectivity index (χ3n) is 5.44. The highest BCUT2D eigenvalue weighted by atomic mass is 16.2. The maximum absolute atomic E-state index is 13.1. The summed E-state index contributed by atoms with van der Waals surface area (Å²) in [4.78, 5) is 30.5. The standard InChI is InChI=1S/C21H23N5O2/c1-7-10-24-19(27)17-18(23(6)21(24)28)22-20-25(14(4)15(5)26(17)20)16-11-12(2)8-9-13(16)3/h7-9,11H,1,10H2,2-6H3. The SMILES string of the molecule is C=CCn1c(=O)c2c(nc3n(-c4cc(C)ccc4C)c(C)c(C)n23)n(C)c1=O. The largest absolute Gasteiger partial charge is 0.332 e. The third-order valence-corrected chi connectivity index (χ3v) is 5.44. The molecule has 0 N–H and O–H groups in total. The van der Waals surface area contributed by atoms with Gasteiger partial charge in [-0.1, -0.05) is 18.2 Å². The molecule has 3 aromatic heterocycles. The molecule has 28 heavy (non-hydrogen) atoms. The van der Waals surface area contributed by atoms with E-state index in [-0.39, 0.29) is 12.1 Å². The zero-order valence-electron chi connectivity index (χ0n) is 16.8. The molecule has 0 bridgehead atoms. The number of fused-ring (bicyclic) bond motifs is 3. The lowest BCUT2D eigenvalue weighted by atomic mass is 10.1. The van der Waals surface area contributed by atoms with Crippen molar-refractivity contribution in [3.63, 3.8) is 0 Å². The predicted octanol–water partition coefficient (Wildman–Crippen LogP) is 2.56. The van der Waals surface area contributed by atoms with Gasteiger partial charge in [0, 0.05) is 25.0 Å². The van der Waals surface area contributed by atoms with Crippen LogP contribution in [0.3, 0.4) is 0 Å². The molecule has 0 saturated heterocycles. The van der Waals surface area contributed by atoms with Crippen molar-refractivity contribution in [1.82, 2.24) is 23.1 Å². The maximum atomic E-state index is 13.1. The Hall–Kier alpha value is -3.35. The molecule has 0 atom stereocenters. The van der Waals surface area contributed by atoms with Crippen LogP contribution in [-0.2, 0) is 13.6 Å². The molecule has 0 saturated carbocycles. The van der Waals surface area contributed by atoms with Crippen LogP contribution in [0.25, 0.3) is 22.6 Å². The summed E-state index contributed by atoms with van der Waals surface area (Å²) < 4.78 is 6.52. The fourth-order valence-electron chi connectivity index (χ4n) is 3.79. The van der Waals surface area contributed by atoms with Crippen LogP contribution in [0.1, 0.15) is 22.5 Å². The molecule has 144 valence electrons. The monoisotopic (exact) mass is 377 g/mol. The minimum Gasteiger partial charge on any atom is -0.282 e. The summed E-state index contributed by atoms with van der Waals surface area (Å²) in [5, 5.41) is 0. The average molecular weight is 377 g/mol. The molecule has 4 rings (SSSR count). The quantitative estimate of drug-likeness (QED) is 0.516. The van der Waals surface area contributed by atoms with Crippen LogP contribution >= 0.6 is 0 Å². The number of hydrogen-bond acceptors (Lipinski definition) is 3. The number of rotatable bonds is 3. The fraction of sp³-hybridized carbons (Fsp3) is 0.286. The Morgan fingerprint density at radius 2 is 1.82 bits per heavy atom. The van der Waals surface area contributed by atoms with Crippen LogP contribution in [0.4, 0.5) is 0 Å². The zero-order valence-corrected chi connectivity index (χ0v) is 16.8. The van der Waals surface area contributed by atoms with Crippen LogP contribution in [-0.4, -0.2) is 23.1 Å². The molecule has 0 aliphatic rings. The van der Waals surface area contributed by atoms with E-state index in [1.165, 1.54) is 9.13 Å². The summed E-state index contributed by atoms with van der Waals surface area (Å²) >= 11 is 0. The number of hydrogen-bond donors (Lipinski definition) is 0. The van der Waals surface area contributed by atoms with E-state index in [1.807, 2.05) is 25.2 Å². The van der Waals surface area contributed by atoms with Gasteiger partial charge >= 0.3 is 5.69 Å². The number of aromatic nitrogens is 5. The molecule has 0 amide bonds. The van der Waals surface area contributed by atoms with Gasteiger partial charge < -0.3 is 0 Å². The molecule has 3 heterocycles. The number of aryl methyl sites for hydroxylation is 4. The van der Waals surface area contributed by atoms with Gasteiger partial charge in [0.25, 0.3) is 5.56 Å². The Labute approximate surface area is 161 Å². The normalized spacial score (nSPS) is 11.6. The number of benzene rings is 1. The summed E-state index contributed by atoms with van der Waals surface area (Å²) in [7, 11) is 1.64. The van der Waals surface area contributed by atoms with Crippen molar-refractivity contribution in [2.75, 3.05) is 0 Å². The molecule has 7 nitrogen and oxygen atoms in total. The van der Waals surface area contributed by atoms with E-state index >= 15 is 0 Å². The van der Waals surface area contributed by atoms with Crippen molar-refractivity contribution >= 4 is 16.9 Å². The summed E-state index contributed by atoms with van der Waals surface area (Å²) in [6.07, 6.45) is 1.55. The first-order valence-corrected chi connectivity index (χ1v) is 9.16. The Morgan fingerprint density at radius 3 is 2.50 bits per heavy atom. The minimum atomic E-state index is -0.397. The fourth-order valence-corrected chi connectivity index (χ4v) is 3.79. The Morgan fingerprint density at radius 1 is 1.11 bits per heavy atom. The van der Waals surface area contributed by atoms with E-state index in [4.69, 9.17) is 4.98 Å². The summed E-state index contributed by atoms with van der Waals surface area (Å²) in [6.45, 7) is 11.9. The number of nitrogens with zero attached hydrogens (tertiary/aromatic N) is 5. The van der Waals surface area contributed by atoms with Crippen molar-refractivity contribution in [2.45, 2.75) is 34.2 Å². The molecular formula is C21H23N5O2. The molecular weight excluding hydrogens is 354 g/mol. The van der Waals surface area contributed by atoms with Gasteiger partial charge in [0.1, 0.15) is 0 Å². The Balaban J connectivity index is 2.24. The summed E-state index contributed by atoms with van der Waals surface area (Å²) in [5.74, 6) is 0.627. The smallest absolute Gasteiger partial charge is 0.282 e. The van der Waals surface area contributed by atoms with Crippen LogP contribution in [0.15, 0.2) is 40.4 Å². The van der Waals surface area contributed by atoms with Gasteiger partial charge in [0.2, 0.25) is 5.78 Å². The highest BCUT2D eigenvalue weighted by Crippen LogP contribution is 2.26. The lowest BCUT2D eigenvalue weighted by molar-refractivity contribution is 0.667. The first-order chi connectivity index (χ1) is 13.3. The molecule has 7 heteroatoms. The molecule has 0 aliphatic heterocycles. The van der Waals surface area contributed by atoms with Crippen LogP contribution < -0.4 is 11.2 Å². The van der Waals surface area contributed by atoms with Crippen molar-refractivity contribution in [3.05, 3.63) is 74.2 Å². The van der Waals surface area contributed by atoms with E-state index in [1.54, 1.807) is 13.1 Å². The molecule has 0 fully saturated rings. The van der Waals surface area contributed by atoms with Crippen molar-refractivity contribution in [1.29, 1.82) is 0 Å². The molecule has 0 aliphatic carbocycles. The summed E-state index contributed by atoms with van der Waals surface area (Å²) in [5.41, 5.74) is 5.22. The van der Waals surface area contributed by atoms with E-state index < -0.39 is 5.69 Å². The second-order valence-corrected chi connectivity index (χ2v) is 7.26. The van der Waals surface area contributed by atoms with E-state index in [0.717, 1.165) is 28.2 Å². The van der Waals surface area contributed by atoms with Crippen molar-refractivity contribution < 1.29 is 0 Å². The van der Waals surface area contributed by atoms with Crippen LogP contribution in [0.2, 0.25) is 0 Å². The van der Waals surface area contributed by atoms with Gasteiger partial charge in [-0.2, -0.15) is 4.98 Å². The maximum Gasteiger partial charge on any atom is 0.332 e. The van der Waals surface area contributed by atoms with Gasteiger partial charge in [-0.15, -0.1) is 6.58 Å². The Bertz CT molecular complexity index is 1390. The zero-order chi connectivity index (χ0) is 20.3. The first kappa shape index (κ1) is 18.0. The van der Waals surface area contributed by atoms with Crippen molar-refractivity contribution in [3.8, 4) is 5.69 Å². The Kier molecular flexibility index (Phi) is 3.92. The first-order valence-electron chi connectivity index (χ1n) is 9.16. The molecule has 0 unspecified atom stereocenters. The average Bonchev–Trinajstić information content (AvgIpc) is 3.15. The van der Waals surface area contributed by atoms with Crippen molar-refractivity contribution in [2.24, 2.45) is 7.05 Å². The van der Waals surface area contributed by atoms with Gasteiger partial charge in [0.05, 0.1) is 5.69 Å². The van der Waals surface area contributed by atoms with E-state index in [0.29, 0.717) is 16.9 Å². The summed E-state index contributed by atoms with van der Waals surface area (Å²) in [6, 6.07) is 6.25. The lowest BCUT2D eigenvalue weighted by Crippen LogP contribution is -2.39.